The van der Waals surface area contributed by atoms with Crippen LogP contribution in [0.4, 0.5) is 0 Å². The molecule has 0 saturated carbocycles. The summed E-state index contributed by atoms with van der Waals surface area (Å²) in [7, 11) is 0. The van der Waals surface area contributed by atoms with Gasteiger partial charge in [0, 0.05) is 47.0 Å². The van der Waals surface area contributed by atoms with Crippen molar-refractivity contribution in [2.75, 3.05) is 6.54 Å². The number of nitrogens with one attached hydrogen (secondary N) is 5. The highest BCUT2D eigenvalue weighted by Gasteiger charge is 2.31. The van der Waals surface area contributed by atoms with Gasteiger partial charge in [0.05, 0.1) is 6.04 Å². The number of aromatic nitrogens is 2. The third kappa shape index (κ3) is 9.07. The second-order valence-electron chi connectivity index (χ2n) is 12.4. The Morgan fingerprint density at radius 1 is 0.660 bits per heavy atom. The molecule has 0 aliphatic rings. The van der Waals surface area contributed by atoms with Crippen LogP contribution < -0.4 is 27.4 Å². The molecule has 3 amide bonds. The van der Waals surface area contributed by atoms with Crippen molar-refractivity contribution in [3.8, 4) is 5.75 Å². The normalized spacial score (nSPS) is 13.7. The zero-order valence-electron chi connectivity index (χ0n) is 27.5. The van der Waals surface area contributed by atoms with Gasteiger partial charge in [-0.05, 0) is 73.2 Å². The molecule has 4 atom stereocenters. The van der Waals surface area contributed by atoms with Gasteiger partial charge < -0.3 is 47.6 Å². The molecule has 50 heavy (non-hydrogen) atoms. The third-order valence-electron chi connectivity index (χ3n) is 8.75. The minimum Gasteiger partial charge on any atom is -0.508 e. The molecule has 13 heteroatoms. The Labute approximate surface area is 288 Å². The van der Waals surface area contributed by atoms with Crippen LogP contribution in [0.25, 0.3) is 21.8 Å². The number of aromatic amines is 2. The molecule has 262 valence electrons. The minimum absolute atomic E-state index is 0.0206. The van der Waals surface area contributed by atoms with Gasteiger partial charge in [-0.25, -0.2) is 4.79 Å². The van der Waals surface area contributed by atoms with Gasteiger partial charge in [-0.3, -0.25) is 14.4 Å². The van der Waals surface area contributed by atoms with E-state index in [1.54, 1.807) is 24.5 Å². The molecular formula is C37H43N7O6. The van der Waals surface area contributed by atoms with Crippen molar-refractivity contribution in [2.45, 2.75) is 62.7 Å². The summed E-state index contributed by atoms with van der Waals surface area (Å²) in [5.74, 6) is -3.00. The van der Waals surface area contributed by atoms with E-state index >= 15 is 0 Å². The summed E-state index contributed by atoms with van der Waals surface area (Å²) >= 11 is 0. The van der Waals surface area contributed by atoms with E-state index in [4.69, 9.17) is 11.5 Å². The van der Waals surface area contributed by atoms with Crippen LogP contribution in [0.1, 0.15) is 36.0 Å². The molecule has 0 spiro atoms. The number of para-hydroxylation sites is 2. The Morgan fingerprint density at radius 3 is 1.76 bits per heavy atom. The Kier molecular flexibility index (Phi) is 11.9. The van der Waals surface area contributed by atoms with Crippen molar-refractivity contribution in [3.05, 3.63) is 102 Å². The first kappa shape index (κ1) is 35.6. The molecule has 4 unspecified atom stereocenters. The largest absolute Gasteiger partial charge is 0.508 e. The standard InChI is InChI=1S/C37H43N7O6/c38-16-6-5-11-31(35(47)44-33(37(49)50)19-24-21-41-30-10-4-2-8-27(24)30)42-36(48)32(18-23-20-40-29-9-3-1-7-26(23)29)43-34(46)28(39)17-22-12-14-25(45)15-13-22/h1-4,7-10,12-15,20-21,28,31-33,40-41,45H,5-6,11,16-19,38-39H2,(H,42,48)(H,43,46)(H,44,47)(H,49,50). The molecule has 0 aliphatic carbocycles. The summed E-state index contributed by atoms with van der Waals surface area (Å²) in [4.78, 5) is 59.7. The van der Waals surface area contributed by atoms with Crippen LogP contribution in [0.2, 0.25) is 0 Å². The van der Waals surface area contributed by atoms with Crippen LogP contribution >= 0.6 is 0 Å². The Hall–Kier alpha value is -5.66. The molecule has 5 aromatic rings. The predicted molar refractivity (Wildman–Crippen MR) is 190 cm³/mol. The number of carboxylic acid groups (broad SMARTS) is 1. The summed E-state index contributed by atoms with van der Waals surface area (Å²) in [6, 6.07) is 16.8. The number of rotatable bonds is 17. The van der Waals surface area contributed by atoms with Crippen molar-refractivity contribution >= 4 is 45.5 Å². The summed E-state index contributed by atoms with van der Waals surface area (Å²) in [5.41, 5.74) is 15.9. The number of carbonyl (C=O) groups excluding carboxylic acids is 3. The SMILES string of the molecule is NCCCCC(NC(=O)C(Cc1c[nH]c2ccccc12)NC(=O)C(N)Cc1ccc(O)cc1)C(=O)NC(Cc1c[nH]c2ccccc12)C(=O)O. The molecular weight excluding hydrogens is 638 g/mol. The maximum atomic E-state index is 14.0. The highest BCUT2D eigenvalue weighted by molar-refractivity contribution is 5.95. The average molecular weight is 682 g/mol. The number of hydrogen-bond acceptors (Lipinski definition) is 7. The molecule has 5 rings (SSSR count). The van der Waals surface area contributed by atoms with Gasteiger partial charge in [-0.15, -0.1) is 0 Å². The van der Waals surface area contributed by atoms with Gasteiger partial charge in [0.15, 0.2) is 0 Å². The summed E-state index contributed by atoms with van der Waals surface area (Å²) in [6.07, 6.45) is 5.02. The molecule has 2 heterocycles. The van der Waals surface area contributed by atoms with Gasteiger partial charge >= 0.3 is 5.97 Å². The lowest BCUT2D eigenvalue weighted by molar-refractivity contribution is -0.142. The lowest BCUT2D eigenvalue weighted by atomic mass is 10.0. The van der Waals surface area contributed by atoms with Gasteiger partial charge in [-0.2, -0.15) is 0 Å². The lowest BCUT2D eigenvalue weighted by Crippen LogP contribution is -2.58. The number of aromatic hydroxyl groups is 1. The second-order valence-corrected chi connectivity index (χ2v) is 12.4. The minimum atomic E-state index is -1.27. The van der Waals surface area contributed by atoms with E-state index in [0.717, 1.165) is 38.5 Å². The van der Waals surface area contributed by atoms with E-state index in [1.165, 1.54) is 12.1 Å². The second kappa shape index (κ2) is 16.6. The van der Waals surface area contributed by atoms with Crippen molar-refractivity contribution in [1.29, 1.82) is 0 Å². The maximum Gasteiger partial charge on any atom is 0.326 e. The average Bonchev–Trinajstić information content (AvgIpc) is 3.72. The van der Waals surface area contributed by atoms with Crippen molar-refractivity contribution in [3.63, 3.8) is 0 Å². The number of H-pyrrole nitrogens is 2. The highest BCUT2D eigenvalue weighted by atomic mass is 16.4. The fourth-order valence-electron chi connectivity index (χ4n) is 6.01. The fraction of sp³-hybridized carbons (Fsp3) is 0.297. The molecule has 13 nitrogen and oxygen atoms in total. The van der Waals surface area contributed by atoms with Crippen molar-refractivity contribution in [1.82, 2.24) is 25.9 Å². The zero-order chi connectivity index (χ0) is 35.6. The number of phenols is 1. The lowest BCUT2D eigenvalue weighted by Gasteiger charge is -2.25. The Morgan fingerprint density at radius 2 is 1.18 bits per heavy atom. The van der Waals surface area contributed by atoms with Gasteiger partial charge in [0.2, 0.25) is 17.7 Å². The van der Waals surface area contributed by atoms with Crippen LogP contribution in [0, 0.1) is 0 Å². The summed E-state index contributed by atoms with van der Waals surface area (Å²) in [6.45, 7) is 0.374. The molecule has 0 fully saturated rings. The number of amides is 3. The van der Waals surface area contributed by atoms with E-state index in [-0.39, 0.29) is 31.4 Å². The van der Waals surface area contributed by atoms with Crippen LogP contribution in [0.5, 0.6) is 5.75 Å². The first-order valence-electron chi connectivity index (χ1n) is 16.6. The van der Waals surface area contributed by atoms with Gasteiger partial charge in [0.1, 0.15) is 23.9 Å². The smallest absolute Gasteiger partial charge is 0.326 e. The van der Waals surface area contributed by atoms with Gasteiger partial charge in [0.25, 0.3) is 0 Å². The number of nitrogens with two attached hydrogens (primary N) is 2. The molecule has 11 N–H and O–H groups in total. The number of phenolic OH excluding ortho intramolecular Hbond substituents is 1. The van der Waals surface area contributed by atoms with Crippen molar-refractivity contribution < 1.29 is 29.4 Å². The molecule has 0 radical (unpaired) electrons. The van der Waals surface area contributed by atoms with Crippen LogP contribution in [-0.2, 0) is 38.4 Å². The third-order valence-corrected chi connectivity index (χ3v) is 8.75. The number of fused-ring (bicyclic) bond motifs is 2. The monoisotopic (exact) mass is 681 g/mol. The Balaban J connectivity index is 1.34. The predicted octanol–water partition coefficient (Wildman–Crippen LogP) is 2.38. The van der Waals surface area contributed by atoms with Crippen molar-refractivity contribution in [2.24, 2.45) is 11.5 Å². The molecule has 3 aromatic carbocycles. The number of carboxylic acids is 1. The first-order chi connectivity index (χ1) is 24.1. The molecule has 2 aromatic heterocycles. The van der Waals surface area contributed by atoms with E-state index in [2.05, 4.69) is 25.9 Å². The molecule has 0 saturated heterocycles. The zero-order valence-corrected chi connectivity index (χ0v) is 27.5. The van der Waals surface area contributed by atoms with Crippen LogP contribution in [0.15, 0.2) is 85.2 Å². The van der Waals surface area contributed by atoms with E-state index in [0.29, 0.717) is 19.4 Å². The number of benzene rings is 3. The number of aliphatic carboxylic acids is 1. The van der Waals surface area contributed by atoms with E-state index in [1.807, 2.05) is 48.5 Å². The van der Waals surface area contributed by atoms with Crippen LogP contribution in [0.3, 0.4) is 0 Å². The summed E-state index contributed by atoms with van der Waals surface area (Å²) in [5, 5.41) is 29.6. The highest BCUT2D eigenvalue weighted by Crippen LogP contribution is 2.21. The Bertz CT molecular complexity index is 1940. The summed E-state index contributed by atoms with van der Waals surface area (Å²) < 4.78 is 0. The van der Waals surface area contributed by atoms with Gasteiger partial charge in [-0.1, -0.05) is 48.5 Å². The van der Waals surface area contributed by atoms with E-state index in [9.17, 15) is 29.4 Å². The van der Waals surface area contributed by atoms with Crippen LogP contribution in [-0.4, -0.2) is 74.6 Å². The topological polar surface area (TPSA) is 228 Å². The fourth-order valence-corrected chi connectivity index (χ4v) is 6.01. The maximum absolute atomic E-state index is 14.0. The number of carbonyl (C=O) groups is 4. The first-order valence-corrected chi connectivity index (χ1v) is 16.6. The number of unbranched alkanes of at least 4 members (excludes halogenated alkanes) is 1. The van der Waals surface area contributed by atoms with E-state index < -0.39 is 47.9 Å². The molecule has 0 bridgehead atoms. The molecule has 0 aliphatic heterocycles. The number of hydrogen-bond donors (Lipinski definition) is 9. The quantitative estimate of drug-likeness (QED) is 0.0660.